The van der Waals surface area contributed by atoms with Crippen molar-refractivity contribution >= 4 is 28.4 Å². The van der Waals surface area contributed by atoms with Gasteiger partial charge in [0.2, 0.25) is 0 Å². The van der Waals surface area contributed by atoms with Crippen molar-refractivity contribution in [2.24, 2.45) is 29.1 Å². The van der Waals surface area contributed by atoms with Crippen molar-refractivity contribution in [1.29, 1.82) is 0 Å². The molecule has 0 N–H and O–H groups in total. The van der Waals surface area contributed by atoms with Gasteiger partial charge in [-0.3, -0.25) is 4.79 Å². The van der Waals surface area contributed by atoms with Crippen molar-refractivity contribution < 1.29 is 9.53 Å². The van der Waals surface area contributed by atoms with Crippen molar-refractivity contribution in [3.63, 3.8) is 0 Å². The van der Waals surface area contributed by atoms with E-state index in [1.54, 1.807) is 0 Å². The van der Waals surface area contributed by atoms with Crippen molar-refractivity contribution in [3.05, 3.63) is 72.8 Å². The van der Waals surface area contributed by atoms with Gasteiger partial charge in [0, 0.05) is 6.42 Å². The highest BCUT2D eigenvalue weighted by Crippen LogP contribution is 2.63. The maximum Gasteiger partial charge on any atom is 0.180 e. The number of carbonyl (C=O) groups is 1. The van der Waals surface area contributed by atoms with Crippen LogP contribution in [0.5, 0.6) is 5.75 Å². The van der Waals surface area contributed by atoms with Gasteiger partial charge in [0.05, 0.1) is 9.79 Å². The summed E-state index contributed by atoms with van der Waals surface area (Å²) in [6.07, 6.45) is 7.55. The maximum atomic E-state index is 13.1. The third kappa shape index (κ3) is 3.92. The molecule has 0 atom stereocenters. The van der Waals surface area contributed by atoms with Gasteiger partial charge in [0.1, 0.15) is 23.3 Å². The number of hydrogen-bond acceptors (Lipinski definition) is 3. The monoisotopic (exact) mass is 513 g/mol. The lowest BCUT2D eigenvalue weighted by Gasteiger charge is -2.60. The van der Waals surface area contributed by atoms with Crippen LogP contribution in [0.1, 0.15) is 45.4 Å². The highest BCUT2D eigenvalue weighted by Gasteiger charge is 2.55. The van der Waals surface area contributed by atoms with Crippen LogP contribution in [0.4, 0.5) is 0 Å². The first-order chi connectivity index (χ1) is 17.6. The lowest BCUT2D eigenvalue weighted by Crippen LogP contribution is -2.52. The number of hydrogen-bond donors (Lipinski definition) is 0. The van der Waals surface area contributed by atoms with E-state index in [1.807, 2.05) is 23.9 Å². The van der Waals surface area contributed by atoms with Gasteiger partial charge in [-0.2, -0.15) is 0 Å². The molecule has 4 heteroatoms. The maximum absolute atomic E-state index is 13.1. The van der Waals surface area contributed by atoms with E-state index >= 15 is 0 Å². The predicted octanol–water partition coefficient (Wildman–Crippen LogP) is 8.05. The first-order valence-electron chi connectivity index (χ1n) is 13.4. The number of rotatable bonds is 6. The summed E-state index contributed by atoms with van der Waals surface area (Å²) in [6.45, 7) is 2.60. The van der Waals surface area contributed by atoms with E-state index in [4.69, 9.17) is 4.74 Å². The molecule has 0 saturated heterocycles. The average molecular weight is 514 g/mol. The molecule has 4 fully saturated rings. The van der Waals surface area contributed by atoms with Gasteiger partial charge in [0.15, 0.2) is 20.5 Å². The lowest BCUT2D eigenvalue weighted by molar-refractivity contribution is -0.137. The molecule has 0 aromatic heterocycles. The van der Waals surface area contributed by atoms with E-state index in [1.165, 1.54) is 56.6 Å². The topological polar surface area (TPSA) is 26.3 Å². The Bertz CT molecular complexity index is 1220. The molecule has 4 aliphatic carbocycles. The van der Waals surface area contributed by atoms with Gasteiger partial charge in [-0.05, 0) is 110 Å². The third-order valence-electron chi connectivity index (χ3n) is 9.40. The van der Waals surface area contributed by atoms with Gasteiger partial charge in [-0.25, -0.2) is 0 Å². The van der Waals surface area contributed by atoms with E-state index in [0.29, 0.717) is 6.42 Å². The zero-order valence-corrected chi connectivity index (χ0v) is 22.5. The average Bonchev–Trinajstić information content (AvgIpc) is 2.89. The van der Waals surface area contributed by atoms with Crippen LogP contribution in [0.15, 0.2) is 97.3 Å². The largest absolute Gasteiger partial charge is 0.486 e. The van der Waals surface area contributed by atoms with Gasteiger partial charge < -0.3 is 4.74 Å². The first-order valence-corrected chi connectivity index (χ1v) is 15.5. The molecular weight excluding hydrogens is 480 g/mol. The highest BCUT2D eigenvalue weighted by molar-refractivity contribution is 8.04. The number of benzene rings is 3. The summed E-state index contributed by atoms with van der Waals surface area (Å²) < 4.78 is 6.04. The van der Waals surface area contributed by atoms with Crippen molar-refractivity contribution in [3.8, 4) is 5.75 Å². The predicted molar refractivity (Wildman–Crippen MR) is 146 cm³/mol. The van der Waals surface area contributed by atoms with Gasteiger partial charge in [0.25, 0.3) is 0 Å². The van der Waals surface area contributed by atoms with Gasteiger partial charge >= 0.3 is 0 Å². The number of ether oxygens (including phenoxy) is 1. The van der Waals surface area contributed by atoms with E-state index in [-0.39, 0.29) is 28.7 Å². The Balaban J connectivity index is 1.05. The summed E-state index contributed by atoms with van der Waals surface area (Å²) in [5.74, 6) is 4.43. The highest BCUT2D eigenvalue weighted by atomic mass is 32.2. The number of fused-ring (bicyclic) bond motifs is 2. The van der Waals surface area contributed by atoms with Crippen molar-refractivity contribution in [1.82, 2.24) is 0 Å². The Hall–Kier alpha value is -2.17. The van der Waals surface area contributed by atoms with Crippen LogP contribution in [-0.2, 0) is 15.7 Å². The second kappa shape index (κ2) is 8.99. The van der Waals surface area contributed by atoms with Crippen LogP contribution >= 0.6 is 11.8 Å². The van der Waals surface area contributed by atoms with Gasteiger partial charge in [-0.15, -0.1) is 0 Å². The van der Waals surface area contributed by atoms with Crippen molar-refractivity contribution in [2.45, 2.75) is 69.9 Å². The molecule has 36 heavy (non-hydrogen) atoms. The van der Waals surface area contributed by atoms with Crippen LogP contribution in [0.3, 0.4) is 0 Å². The zero-order chi connectivity index (χ0) is 24.3. The molecule has 8 rings (SSSR count). The van der Waals surface area contributed by atoms with E-state index in [2.05, 4.69) is 67.6 Å². The molecule has 4 saturated carbocycles. The molecule has 0 unspecified atom stereocenters. The fourth-order valence-electron chi connectivity index (χ4n) is 7.76. The standard InChI is InChI=1S/C32H33O2S2/c1-32(23-15-21-14-22(17-23)18-24(32)16-21)19-25(33)20-34-26-10-12-27(13-11-26)36-30-8-4-2-6-28(30)35-29-7-3-5-9-31(29)36/h2-13,21-24H,14-20H2,1H3/q+1. The minimum atomic E-state index is -0.135. The molecule has 0 spiro atoms. The first kappa shape index (κ1) is 23.0. The Morgan fingerprint density at radius 2 is 1.39 bits per heavy atom. The summed E-state index contributed by atoms with van der Waals surface area (Å²) in [5.41, 5.74) is 0.193. The molecule has 1 aliphatic heterocycles. The summed E-state index contributed by atoms with van der Waals surface area (Å²) in [5, 5.41) is 0. The van der Waals surface area contributed by atoms with Gasteiger partial charge in [-0.1, -0.05) is 43.0 Å². The third-order valence-corrected chi connectivity index (χ3v) is 13.1. The molecule has 1 heterocycles. The fourth-order valence-corrected chi connectivity index (χ4v) is 11.5. The fraction of sp³-hybridized carbons (Fsp3) is 0.406. The second-order valence-electron chi connectivity index (χ2n) is 11.6. The lowest BCUT2D eigenvalue weighted by atomic mass is 9.45. The molecule has 4 bridgehead atoms. The molecule has 3 aromatic rings. The SMILES string of the molecule is CC1(CC(=O)COc2ccc([S+]3c4ccccc4Sc4ccccc43)cc2)C2CC3CC(C2)CC1C3. The van der Waals surface area contributed by atoms with Crippen LogP contribution in [0.2, 0.25) is 0 Å². The molecule has 184 valence electrons. The number of carbonyl (C=O) groups excluding carboxylic acids is 1. The number of Topliss-reactive ketones (excluding diaryl/α,β-unsaturated/α-hetero) is 1. The van der Waals surface area contributed by atoms with Crippen LogP contribution < -0.4 is 4.74 Å². The van der Waals surface area contributed by atoms with Crippen LogP contribution in [0, 0.1) is 29.1 Å². The van der Waals surface area contributed by atoms with Crippen molar-refractivity contribution in [2.75, 3.05) is 6.61 Å². The Morgan fingerprint density at radius 3 is 1.97 bits per heavy atom. The van der Waals surface area contributed by atoms with Crippen LogP contribution in [-0.4, -0.2) is 12.4 Å². The Kier molecular flexibility index (Phi) is 5.74. The van der Waals surface area contributed by atoms with E-state index < -0.39 is 0 Å². The zero-order valence-electron chi connectivity index (χ0n) is 20.8. The quantitative estimate of drug-likeness (QED) is 0.244. The summed E-state index contributed by atoms with van der Waals surface area (Å²) >= 11 is 1.86. The number of ketones is 1. The summed E-state index contributed by atoms with van der Waals surface area (Å²) in [7, 11) is -0.135. The molecule has 5 aliphatic rings. The van der Waals surface area contributed by atoms with E-state index in [9.17, 15) is 4.79 Å². The minimum absolute atomic E-state index is 0.135. The normalized spacial score (nSPS) is 30.0. The molecule has 2 nitrogen and oxygen atoms in total. The molecule has 3 aromatic carbocycles. The smallest absolute Gasteiger partial charge is 0.180 e. The summed E-state index contributed by atoms with van der Waals surface area (Å²) in [6, 6.07) is 26.0. The minimum Gasteiger partial charge on any atom is -0.486 e. The van der Waals surface area contributed by atoms with E-state index in [0.717, 1.165) is 29.4 Å². The molecular formula is C32H33O2S2+. The summed E-state index contributed by atoms with van der Waals surface area (Å²) in [4.78, 5) is 19.8. The Labute approximate surface area is 221 Å². The Morgan fingerprint density at radius 1 is 0.833 bits per heavy atom. The second-order valence-corrected chi connectivity index (χ2v) is 14.6. The van der Waals surface area contributed by atoms with Crippen LogP contribution in [0.25, 0.3) is 0 Å². The molecule has 0 amide bonds. The molecule has 0 radical (unpaired) electrons.